The predicted octanol–water partition coefficient (Wildman–Crippen LogP) is 1.05. The molecule has 0 saturated heterocycles. The van der Waals surface area contributed by atoms with E-state index in [0.717, 1.165) is 0 Å². The van der Waals surface area contributed by atoms with Crippen molar-refractivity contribution in [1.29, 1.82) is 0 Å². The van der Waals surface area contributed by atoms with Crippen LogP contribution < -0.4 is 0 Å². The van der Waals surface area contributed by atoms with E-state index in [9.17, 15) is 9.59 Å². The third-order valence-corrected chi connectivity index (χ3v) is 0.909. The molecule has 0 radical (unpaired) electrons. The summed E-state index contributed by atoms with van der Waals surface area (Å²) >= 11 is 0. The largest absolute Gasteiger partial charge is 0.294 e. The molecule has 0 rings (SSSR count). The highest BCUT2D eigenvalue weighted by atomic mass is 16.2. The smallest absolute Gasteiger partial charge is 0.225 e. The van der Waals surface area contributed by atoms with Crippen LogP contribution in [0.3, 0.4) is 0 Å². The minimum Gasteiger partial charge on any atom is -0.294 e. The van der Waals surface area contributed by atoms with Crippen LogP contribution in [-0.4, -0.2) is 12.1 Å². The Kier molecular flexibility index (Phi) is 3.80. The Labute approximate surface area is 59.5 Å². The molecule has 0 unspecified atom stereocenters. The fourth-order valence-corrected chi connectivity index (χ4v) is 0.446. The van der Waals surface area contributed by atoms with Crippen LogP contribution in [0.15, 0.2) is 37.0 Å². The Morgan fingerprint density at radius 3 is 2.20 bits per heavy atom. The van der Waals surface area contributed by atoms with Crippen molar-refractivity contribution in [3.8, 4) is 0 Å². The number of carbonyl (C=O) groups excluding carboxylic acids is 2. The first-order valence-electron chi connectivity index (χ1n) is 2.71. The van der Waals surface area contributed by atoms with E-state index >= 15 is 0 Å². The normalized spacial score (nSPS) is 10.2. The molecule has 0 aromatic rings. The second kappa shape index (κ2) is 4.44. The lowest BCUT2D eigenvalue weighted by Crippen LogP contribution is -2.00. The standard InChI is InChI=1S/C8H8O2/c1-3-5-7(4-2)8(10)6-9/h3-6H,1-2H2/b7-5+. The molecule has 0 atom stereocenters. The van der Waals surface area contributed by atoms with Gasteiger partial charge in [-0.3, -0.25) is 9.59 Å². The zero-order chi connectivity index (χ0) is 7.98. The summed E-state index contributed by atoms with van der Waals surface area (Å²) in [5.74, 6) is -0.574. The van der Waals surface area contributed by atoms with Gasteiger partial charge in [-0.2, -0.15) is 0 Å². The summed E-state index contributed by atoms with van der Waals surface area (Å²) in [4.78, 5) is 20.5. The van der Waals surface area contributed by atoms with Crippen molar-refractivity contribution in [3.05, 3.63) is 37.0 Å². The van der Waals surface area contributed by atoms with Crippen LogP contribution in [0.4, 0.5) is 0 Å². The Hall–Kier alpha value is -1.44. The first-order chi connectivity index (χ1) is 4.76. The summed E-state index contributed by atoms with van der Waals surface area (Å²) in [6.45, 7) is 6.73. The van der Waals surface area contributed by atoms with Gasteiger partial charge in [0, 0.05) is 5.57 Å². The molecular weight excluding hydrogens is 128 g/mol. The van der Waals surface area contributed by atoms with E-state index < -0.39 is 5.78 Å². The summed E-state index contributed by atoms with van der Waals surface area (Å²) in [6.07, 6.45) is 4.43. The number of Topliss-reactive ketones (excluding diaryl/α,β-unsaturated/α-hetero) is 1. The molecule has 0 aromatic heterocycles. The first kappa shape index (κ1) is 8.56. The van der Waals surface area contributed by atoms with Crippen molar-refractivity contribution in [3.63, 3.8) is 0 Å². The number of aldehydes is 1. The fraction of sp³-hybridized carbons (Fsp3) is 0. The Balaban J connectivity index is 4.49. The molecule has 0 saturated carbocycles. The van der Waals surface area contributed by atoms with Crippen LogP contribution in [0, 0.1) is 0 Å². The molecule has 52 valence electrons. The molecule has 0 aliphatic carbocycles. The third kappa shape index (κ3) is 2.22. The van der Waals surface area contributed by atoms with Gasteiger partial charge in [0.2, 0.25) is 5.78 Å². The zero-order valence-corrected chi connectivity index (χ0v) is 5.54. The highest BCUT2D eigenvalue weighted by Gasteiger charge is 2.00. The highest BCUT2D eigenvalue weighted by molar-refractivity contribution is 6.34. The van der Waals surface area contributed by atoms with Crippen LogP contribution in [0.2, 0.25) is 0 Å². The quantitative estimate of drug-likeness (QED) is 0.250. The molecule has 0 fully saturated rings. The molecule has 0 aromatic carbocycles. The summed E-state index contributed by atoms with van der Waals surface area (Å²) < 4.78 is 0. The van der Waals surface area contributed by atoms with Gasteiger partial charge in [0.1, 0.15) is 0 Å². The maximum Gasteiger partial charge on any atom is 0.225 e. The number of ketones is 1. The van der Waals surface area contributed by atoms with Crippen molar-refractivity contribution in [2.24, 2.45) is 0 Å². The summed E-state index contributed by atoms with van der Waals surface area (Å²) in [7, 11) is 0. The van der Waals surface area contributed by atoms with Gasteiger partial charge in [-0.05, 0) is 0 Å². The fourth-order valence-electron chi connectivity index (χ4n) is 0.446. The van der Waals surface area contributed by atoms with Crippen LogP contribution in [-0.2, 0) is 9.59 Å². The third-order valence-electron chi connectivity index (χ3n) is 0.909. The topological polar surface area (TPSA) is 34.1 Å². The van der Waals surface area contributed by atoms with E-state index in [1.165, 1.54) is 18.2 Å². The minimum absolute atomic E-state index is 0.247. The number of allylic oxidation sites excluding steroid dienone is 4. The minimum atomic E-state index is -0.574. The Bertz CT molecular complexity index is 199. The lowest BCUT2D eigenvalue weighted by atomic mass is 10.2. The molecule has 0 amide bonds. The van der Waals surface area contributed by atoms with Crippen molar-refractivity contribution in [2.75, 3.05) is 0 Å². The summed E-state index contributed by atoms with van der Waals surface area (Å²) in [5.41, 5.74) is 0.269. The molecule has 0 aliphatic heterocycles. The molecule has 2 nitrogen and oxygen atoms in total. The van der Waals surface area contributed by atoms with Crippen LogP contribution in [0.5, 0.6) is 0 Å². The molecule has 10 heavy (non-hydrogen) atoms. The SMILES string of the molecule is C=C/C=C(\C=C)C(=O)C=O. The number of carbonyl (C=O) groups is 2. The second-order valence-electron chi connectivity index (χ2n) is 1.54. The second-order valence-corrected chi connectivity index (χ2v) is 1.54. The van der Waals surface area contributed by atoms with Crippen molar-refractivity contribution in [2.45, 2.75) is 0 Å². The van der Waals surface area contributed by atoms with Gasteiger partial charge in [0.15, 0.2) is 6.29 Å². The predicted molar refractivity (Wildman–Crippen MR) is 39.5 cm³/mol. The highest BCUT2D eigenvalue weighted by Crippen LogP contribution is 1.95. The summed E-state index contributed by atoms with van der Waals surface area (Å²) in [6, 6.07) is 0. The number of hydrogen-bond donors (Lipinski definition) is 0. The van der Waals surface area contributed by atoms with E-state index in [0.29, 0.717) is 0 Å². The number of hydrogen-bond acceptors (Lipinski definition) is 2. The molecule has 0 N–H and O–H groups in total. The van der Waals surface area contributed by atoms with E-state index in [-0.39, 0.29) is 11.9 Å². The van der Waals surface area contributed by atoms with Crippen LogP contribution in [0.1, 0.15) is 0 Å². The van der Waals surface area contributed by atoms with E-state index in [2.05, 4.69) is 13.2 Å². The maximum absolute atomic E-state index is 10.6. The van der Waals surface area contributed by atoms with Gasteiger partial charge in [-0.15, -0.1) is 0 Å². The average Bonchev–Trinajstić information content (AvgIpc) is 1.99. The van der Waals surface area contributed by atoms with E-state index in [4.69, 9.17) is 0 Å². The van der Waals surface area contributed by atoms with Gasteiger partial charge in [0.25, 0.3) is 0 Å². The lowest BCUT2D eigenvalue weighted by Gasteiger charge is -1.88. The van der Waals surface area contributed by atoms with Crippen molar-refractivity contribution < 1.29 is 9.59 Å². The van der Waals surface area contributed by atoms with Gasteiger partial charge in [-0.25, -0.2) is 0 Å². The van der Waals surface area contributed by atoms with Crippen LogP contribution in [0.25, 0.3) is 0 Å². The van der Waals surface area contributed by atoms with Crippen LogP contribution >= 0.6 is 0 Å². The van der Waals surface area contributed by atoms with E-state index in [1.54, 1.807) is 0 Å². The lowest BCUT2D eigenvalue weighted by molar-refractivity contribution is -0.127. The van der Waals surface area contributed by atoms with Gasteiger partial charge >= 0.3 is 0 Å². The molecule has 0 aliphatic rings. The van der Waals surface area contributed by atoms with Gasteiger partial charge in [0.05, 0.1) is 0 Å². The van der Waals surface area contributed by atoms with Crippen molar-refractivity contribution >= 4 is 12.1 Å². The first-order valence-corrected chi connectivity index (χ1v) is 2.71. The molecule has 0 bridgehead atoms. The average molecular weight is 136 g/mol. The van der Waals surface area contributed by atoms with E-state index in [1.807, 2.05) is 0 Å². The van der Waals surface area contributed by atoms with Gasteiger partial charge < -0.3 is 0 Å². The maximum atomic E-state index is 10.6. The monoisotopic (exact) mass is 136 g/mol. The summed E-state index contributed by atoms with van der Waals surface area (Å²) in [5, 5.41) is 0. The molecule has 2 heteroatoms. The molecule has 0 heterocycles. The Morgan fingerprint density at radius 2 is 1.90 bits per heavy atom. The molecule has 0 spiro atoms. The zero-order valence-electron chi connectivity index (χ0n) is 5.54. The Morgan fingerprint density at radius 1 is 1.30 bits per heavy atom. The van der Waals surface area contributed by atoms with Gasteiger partial charge in [-0.1, -0.05) is 31.4 Å². The van der Waals surface area contributed by atoms with Crippen molar-refractivity contribution in [1.82, 2.24) is 0 Å². The number of rotatable bonds is 4. The molecular formula is C8H8O2.